The lowest BCUT2D eigenvalue weighted by Gasteiger charge is -1.98. The normalized spacial score (nSPS) is 11.4. The summed E-state index contributed by atoms with van der Waals surface area (Å²) < 4.78 is 27.1. The molecule has 8 nitrogen and oxygen atoms in total. The third kappa shape index (κ3) is 4.01. The number of carboxylic acid groups (broad SMARTS) is 1. The quantitative estimate of drug-likeness (QED) is 0.418. The van der Waals surface area contributed by atoms with E-state index in [0.29, 0.717) is 17.9 Å². The maximum atomic E-state index is 11.8. The van der Waals surface area contributed by atoms with Crippen molar-refractivity contribution in [3.05, 3.63) is 5.82 Å². The van der Waals surface area contributed by atoms with Gasteiger partial charge in [-0.25, -0.2) is 13.6 Å². The van der Waals surface area contributed by atoms with E-state index < -0.39 is 24.7 Å². The van der Waals surface area contributed by atoms with Gasteiger partial charge in [0.25, 0.3) is 6.43 Å². The minimum atomic E-state index is -2.78. The average Bonchev–Trinajstić information content (AvgIpc) is 2.72. The van der Waals surface area contributed by atoms with Gasteiger partial charge in [-0.2, -0.15) is 9.36 Å². The smallest absolute Gasteiger partial charge is 0.362 e. The van der Waals surface area contributed by atoms with Crippen molar-refractivity contribution in [3.8, 4) is 0 Å². The molecule has 0 radical (unpaired) electrons. The van der Waals surface area contributed by atoms with Crippen molar-refractivity contribution in [2.45, 2.75) is 6.43 Å². The van der Waals surface area contributed by atoms with E-state index in [1.165, 1.54) is 0 Å². The van der Waals surface area contributed by atoms with Crippen molar-refractivity contribution in [2.75, 3.05) is 11.9 Å². The van der Waals surface area contributed by atoms with Crippen LogP contribution < -0.4 is 5.32 Å². The maximum Gasteiger partial charge on any atom is 0.362 e. The van der Waals surface area contributed by atoms with Gasteiger partial charge in [0.05, 0.1) is 0 Å². The Morgan fingerprint density at radius 2 is 2.39 bits per heavy atom. The number of carbonyl (C=O) groups excluding carboxylic acids is 1. The number of aliphatic carboxylic acids is 1. The standard InChI is InChI=1S/C7H6F2N4O4S/c8-3(9)1-17-12-4(6(15)16)5-11-7(10-2-14)18-13-5/h2-3H,1H2,(H,15,16)(H,10,11,13,14). The molecule has 0 unspecified atom stereocenters. The fourth-order valence-corrected chi connectivity index (χ4v) is 1.29. The summed E-state index contributed by atoms with van der Waals surface area (Å²) in [5.74, 6) is -1.88. The van der Waals surface area contributed by atoms with Crippen molar-refractivity contribution in [2.24, 2.45) is 5.16 Å². The van der Waals surface area contributed by atoms with E-state index >= 15 is 0 Å². The minimum absolute atomic E-state index is 0.0443. The second-order valence-electron chi connectivity index (χ2n) is 2.62. The van der Waals surface area contributed by atoms with Crippen LogP contribution in [0.4, 0.5) is 13.9 Å². The van der Waals surface area contributed by atoms with Crippen LogP contribution in [0.25, 0.3) is 0 Å². The molecular formula is C7H6F2N4O4S. The molecule has 0 saturated heterocycles. The van der Waals surface area contributed by atoms with Crippen molar-refractivity contribution in [1.82, 2.24) is 9.36 Å². The molecular weight excluding hydrogens is 274 g/mol. The number of rotatable bonds is 7. The summed E-state index contributed by atoms with van der Waals surface area (Å²) in [5.41, 5.74) is -0.731. The Kier molecular flexibility index (Phi) is 5.05. The van der Waals surface area contributed by atoms with Crippen LogP contribution in [-0.2, 0) is 14.4 Å². The van der Waals surface area contributed by atoms with Crippen LogP contribution in [0.5, 0.6) is 0 Å². The Balaban J connectivity index is 2.83. The van der Waals surface area contributed by atoms with Crippen LogP contribution in [0.15, 0.2) is 5.16 Å². The van der Waals surface area contributed by atoms with Gasteiger partial charge >= 0.3 is 5.97 Å². The summed E-state index contributed by atoms with van der Waals surface area (Å²) in [6, 6.07) is 0. The Morgan fingerprint density at radius 3 is 2.94 bits per heavy atom. The highest BCUT2D eigenvalue weighted by Crippen LogP contribution is 2.11. The number of carboxylic acids is 1. The van der Waals surface area contributed by atoms with E-state index in [9.17, 15) is 18.4 Å². The summed E-state index contributed by atoms with van der Waals surface area (Å²) >= 11 is 0.708. The minimum Gasteiger partial charge on any atom is -0.476 e. The number of aromatic nitrogens is 2. The Hall–Kier alpha value is -2.17. The van der Waals surface area contributed by atoms with Crippen LogP contribution in [0, 0.1) is 0 Å². The second-order valence-corrected chi connectivity index (χ2v) is 3.37. The number of nitrogens with one attached hydrogen (secondary N) is 1. The largest absolute Gasteiger partial charge is 0.476 e. The molecule has 98 valence electrons. The summed E-state index contributed by atoms with van der Waals surface area (Å²) in [4.78, 5) is 28.6. The molecule has 0 fully saturated rings. The average molecular weight is 280 g/mol. The molecule has 18 heavy (non-hydrogen) atoms. The Labute approximate surface area is 102 Å². The second kappa shape index (κ2) is 6.54. The molecule has 0 aliphatic carbocycles. The fraction of sp³-hybridized carbons (Fsp3) is 0.286. The number of alkyl halides is 2. The lowest BCUT2D eigenvalue weighted by atomic mass is 10.4. The van der Waals surface area contributed by atoms with Gasteiger partial charge in [0.15, 0.2) is 6.61 Å². The van der Waals surface area contributed by atoms with Crippen LogP contribution in [0.2, 0.25) is 0 Å². The van der Waals surface area contributed by atoms with Gasteiger partial charge in [-0.05, 0) is 0 Å². The fourth-order valence-electron chi connectivity index (χ4n) is 0.762. The topological polar surface area (TPSA) is 114 Å². The summed E-state index contributed by atoms with van der Waals surface area (Å²) in [7, 11) is 0. The summed E-state index contributed by atoms with van der Waals surface area (Å²) in [6.07, 6.45) is -2.45. The van der Waals surface area contributed by atoms with E-state index in [4.69, 9.17) is 5.11 Å². The molecule has 0 aliphatic heterocycles. The number of hydrogen-bond donors (Lipinski definition) is 2. The molecule has 1 heterocycles. The molecule has 0 atom stereocenters. The molecule has 0 aliphatic rings. The van der Waals surface area contributed by atoms with E-state index in [0.717, 1.165) is 0 Å². The number of oxime groups is 1. The molecule has 0 aromatic carbocycles. The molecule has 0 saturated carbocycles. The summed E-state index contributed by atoms with van der Waals surface area (Å²) in [5, 5.41) is 14.0. The van der Waals surface area contributed by atoms with Crippen molar-refractivity contribution >= 4 is 34.8 Å². The molecule has 1 rings (SSSR count). The van der Waals surface area contributed by atoms with Gasteiger partial charge in [-0.3, -0.25) is 4.79 Å². The van der Waals surface area contributed by atoms with Gasteiger partial charge in [0.1, 0.15) is 0 Å². The number of halogens is 2. The molecule has 0 bridgehead atoms. The molecule has 0 spiro atoms. The van der Waals surface area contributed by atoms with Crippen LogP contribution in [0.1, 0.15) is 5.82 Å². The lowest BCUT2D eigenvalue weighted by molar-refractivity contribution is -0.129. The van der Waals surface area contributed by atoms with Crippen LogP contribution in [0.3, 0.4) is 0 Å². The van der Waals surface area contributed by atoms with E-state index in [1.807, 2.05) is 0 Å². The first kappa shape index (κ1) is 13.9. The highest BCUT2D eigenvalue weighted by atomic mass is 32.1. The zero-order valence-corrected chi connectivity index (χ0v) is 9.36. The number of amides is 1. The van der Waals surface area contributed by atoms with Gasteiger partial charge < -0.3 is 15.3 Å². The highest BCUT2D eigenvalue weighted by Gasteiger charge is 2.19. The number of hydrogen-bond acceptors (Lipinski definition) is 7. The first-order chi connectivity index (χ1) is 8.54. The van der Waals surface area contributed by atoms with Crippen LogP contribution in [-0.4, -0.2) is 45.6 Å². The van der Waals surface area contributed by atoms with Crippen molar-refractivity contribution < 1.29 is 28.3 Å². The van der Waals surface area contributed by atoms with Crippen LogP contribution >= 0.6 is 11.5 Å². The highest BCUT2D eigenvalue weighted by molar-refractivity contribution is 7.10. The van der Waals surface area contributed by atoms with E-state index in [-0.39, 0.29) is 11.0 Å². The lowest BCUT2D eigenvalue weighted by Crippen LogP contribution is -2.17. The summed E-state index contributed by atoms with van der Waals surface area (Å²) in [6.45, 7) is -1.04. The number of nitrogens with zero attached hydrogens (tertiary/aromatic N) is 3. The molecule has 1 aromatic rings. The van der Waals surface area contributed by atoms with Crippen molar-refractivity contribution in [3.63, 3.8) is 0 Å². The molecule has 11 heteroatoms. The zero-order valence-electron chi connectivity index (χ0n) is 8.54. The third-order valence-corrected chi connectivity index (χ3v) is 2.03. The number of carbonyl (C=O) groups is 2. The SMILES string of the molecule is O=CNc1nc(C(=NOCC(F)F)C(=O)O)ns1. The molecule has 1 amide bonds. The molecule has 2 N–H and O–H groups in total. The van der Waals surface area contributed by atoms with Gasteiger partial charge in [-0.1, -0.05) is 5.16 Å². The molecule has 1 aromatic heterocycles. The number of anilines is 1. The first-order valence-corrected chi connectivity index (χ1v) is 5.07. The first-order valence-electron chi connectivity index (χ1n) is 4.30. The van der Waals surface area contributed by atoms with Crippen molar-refractivity contribution in [1.29, 1.82) is 0 Å². The maximum absolute atomic E-state index is 11.8. The monoisotopic (exact) mass is 280 g/mol. The Bertz CT molecular complexity index is 464. The van der Waals surface area contributed by atoms with Gasteiger partial charge in [0.2, 0.25) is 23.1 Å². The van der Waals surface area contributed by atoms with Gasteiger partial charge in [-0.15, -0.1) is 0 Å². The predicted molar refractivity (Wildman–Crippen MR) is 55.7 cm³/mol. The zero-order chi connectivity index (χ0) is 13.5. The Morgan fingerprint density at radius 1 is 1.67 bits per heavy atom. The predicted octanol–water partition coefficient (Wildman–Crippen LogP) is 0.177. The van der Waals surface area contributed by atoms with E-state index in [2.05, 4.69) is 24.7 Å². The van der Waals surface area contributed by atoms with Gasteiger partial charge in [0, 0.05) is 11.5 Å². The third-order valence-electron chi connectivity index (χ3n) is 1.38. The van der Waals surface area contributed by atoms with E-state index in [1.54, 1.807) is 0 Å².